The van der Waals surface area contributed by atoms with Gasteiger partial charge in [0, 0.05) is 19.3 Å². The maximum absolute atomic E-state index is 11.0. The van der Waals surface area contributed by atoms with E-state index in [4.69, 9.17) is 0 Å². The maximum Gasteiger partial charge on any atom is 0.153 e. The van der Waals surface area contributed by atoms with Crippen LogP contribution in [0.3, 0.4) is 0 Å². The third kappa shape index (κ3) is 2.84. The van der Waals surface area contributed by atoms with Crippen molar-refractivity contribution in [3.8, 4) is 0 Å². The zero-order valence-electron chi connectivity index (χ0n) is 10.4. The third-order valence-electron chi connectivity index (χ3n) is 3.67. The summed E-state index contributed by atoms with van der Waals surface area (Å²) >= 11 is 0. The fourth-order valence-corrected chi connectivity index (χ4v) is 2.55. The first-order valence-corrected chi connectivity index (χ1v) is 6.50. The zero-order chi connectivity index (χ0) is 12.1. The summed E-state index contributed by atoms with van der Waals surface area (Å²) in [5, 5.41) is 0. The Bertz CT molecular complexity index is 378. The lowest BCUT2D eigenvalue weighted by Gasteiger charge is -2.22. The van der Waals surface area contributed by atoms with Crippen molar-refractivity contribution in [3.63, 3.8) is 0 Å². The van der Waals surface area contributed by atoms with Gasteiger partial charge in [-0.3, -0.25) is 4.79 Å². The monoisotopic (exact) mass is 232 g/mol. The molecule has 1 atom stereocenters. The Hall–Kier alpha value is -1.38. The van der Waals surface area contributed by atoms with Crippen molar-refractivity contribution in [2.75, 3.05) is 18.0 Å². The SMILES string of the molecule is CCC1CCCN(c2ncccc2C=O)CC1. The molecule has 0 radical (unpaired) electrons. The van der Waals surface area contributed by atoms with Gasteiger partial charge in [0.1, 0.15) is 5.82 Å². The first kappa shape index (κ1) is 12.1. The molecule has 2 heterocycles. The van der Waals surface area contributed by atoms with Crippen LogP contribution in [-0.2, 0) is 0 Å². The Balaban J connectivity index is 2.13. The lowest BCUT2D eigenvalue weighted by molar-refractivity contribution is 0.112. The second-order valence-electron chi connectivity index (χ2n) is 4.73. The normalized spacial score (nSPS) is 21.0. The van der Waals surface area contributed by atoms with Crippen molar-refractivity contribution in [2.45, 2.75) is 32.6 Å². The van der Waals surface area contributed by atoms with Crippen LogP contribution in [0.15, 0.2) is 18.3 Å². The molecule has 92 valence electrons. The average Bonchev–Trinajstić information content (AvgIpc) is 2.63. The fraction of sp³-hybridized carbons (Fsp3) is 0.571. The topological polar surface area (TPSA) is 33.2 Å². The summed E-state index contributed by atoms with van der Waals surface area (Å²) in [5.74, 6) is 1.70. The molecule has 0 saturated carbocycles. The van der Waals surface area contributed by atoms with Gasteiger partial charge in [0.25, 0.3) is 0 Å². The number of nitrogens with zero attached hydrogens (tertiary/aromatic N) is 2. The van der Waals surface area contributed by atoms with Crippen molar-refractivity contribution < 1.29 is 4.79 Å². The number of aldehydes is 1. The van der Waals surface area contributed by atoms with E-state index in [1.54, 1.807) is 6.20 Å². The van der Waals surface area contributed by atoms with E-state index >= 15 is 0 Å². The van der Waals surface area contributed by atoms with Crippen LogP contribution in [0.5, 0.6) is 0 Å². The zero-order valence-corrected chi connectivity index (χ0v) is 10.4. The molecule has 0 bridgehead atoms. The van der Waals surface area contributed by atoms with Gasteiger partial charge in [-0.05, 0) is 37.3 Å². The van der Waals surface area contributed by atoms with Gasteiger partial charge in [-0.25, -0.2) is 4.98 Å². The van der Waals surface area contributed by atoms with E-state index in [1.165, 1.54) is 25.7 Å². The van der Waals surface area contributed by atoms with E-state index in [2.05, 4.69) is 16.8 Å². The highest BCUT2D eigenvalue weighted by molar-refractivity contribution is 5.82. The highest BCUT2D eigenvalue weighted by Gasteiger charge is 2.18. The van der Waals surface area contributed by atoms with Gasteiger partial charge in [0.05, 0.1) is 5.56 Å². The van der Waals surface area contributed by atoms with Crippen LogP contribution >= 0.6 is 0 Å². The molecule has 1 aliphatic rings. The summed E-state index contributed by atoms with van der Waals surface area (Å²) in [6.07, 6.45) is 7.65. The summed E-state index contributed by atoms with van der Waals surface area (Å²) in [5.41, 5.74) is 0.711. The number of anilines is 1. The van der Waals surface area contributed by atoms with Gasteiger partial charge < -0.3 is 4.90 Å². The number of pyridine rings is 1. The lowest BCUT2D eigenvalue weighted by Crippen LogP contribution is -2.26. The molecular weight excluding hydrogens is 212 g/mol. The molecule has 1 fully saturated rings. The van der Waals surface area contributed by atoms with Crippen LogP contribution in [0.1, 0.15) is 43.0 Å². The number of aromatic nitrogens is 1. The summed E-state index contributed by atoms with van der Waals surface area (Å²) in [4.78, 5) is 17.6. The highest BCUT2D eigenvalue weighted by atomic mass is 16.1. The molecule has 0 spiro atoms. The van der Waals surface area contributed by atoms with Crippen LogP contribution in [-0.4, -0.2) is 24.4 Å². The Morgan fingerprint density at radius 3 is 3.12 bits per heavy atom. The standard InChI is InChI=1S/C14H20N2O/c1-2-12-5-4-9-16(10-7-12)14-13(11-17)6-3-8-15-14/h3,6,8,11-12H,2,4-5,7,9-10H2,1H3. The van der Waals surface area contributed by atoms with Crippen LogP contribution in [0.25, 0.3) is 0 Å². The highest BCUT2D eigenvalue weighted by Crippen LogP contribution is 2.24. The third-order valence-corrected chi connectivity index (χ3v) is 3.67. The second kappa shape index (κ2) is 5.80. The summed E-state index contributed by atoms with van der Waals surface area (Å²) in [7, 11) is 0. The quantitative estimate of drug-likeness (QED) is 0.751. The molecule has 3 heteroatoms. The molecule has 0 aromatic carbocycles. The minimum atomic E-state index is 0.711. The smallest absolute Gasteiger partial charge is 0.153 e. The molecule has 17 heavy (non-hydrogen) atoms. The van der Waals surface area contributed by atoms with E-state index in [0.29, 0.717) is 5.56 Å². The first-order chi connectivity index (χ1) is 8.35. The number of hydrogen-bond donors (Lipinski definition) is 0. The van der Waals surface area contributed by atoms with Crippen LogP contribution < -0.4 is 4.90 Å². The minimum Gasteiger partial charge on any atom is -0.356 e. The van der Waals surface area contributed by atoms with Crippen LogP contribution in [0.2, 0.25) is 0 Å². The molecule has 3 nitrogen and oxygen atoms in total. The van der Waals surface area contributed by atoms with Crippen LogP contribution in [0.4, 0.5) is 5.82 Å². The Labute approximate surface area is 103 Å². The van der Waals surface area contributed by atoms with Gasteiger partial charge in [-0.2, -0.15) is 0 Å². The number of carbonyl (C=O) groups excluding carboxylic acids is 1. The second-order valence-corrected chi connectivity index (χ2v) is 4.73. The molecule has 1 aromatic rings. The molecule has 0 N–H and O–H groups in total. The molecule has 2 rings (SSSR count). The Kier molecular flexibility index (Phi) is 4.13. The molecular formula is C14H20N2O. The van der Waals surface area contributed by atoms with Gasteiger partial charge in [-0.1, -0.05) is 13.3 Å². The molecule has 0 amide bonds. The Morgan fingerprint density at radius 1 is 1.47 bits per heavy atom. The number of hydrogen-bond acceptors (Lipinski definition) is 3. The minimum absolute atomic E-state index is 0.711. The van der Waals surface area contributed by atoms with E-state index in [9.17, 15) is 4.79 Å². The average molecular weight is 232 g/mol. The van der Waals surface area contributed by atoms with Gasteiger partial charge >= 0.3 is 0 Å². The van der Waals surface area contributed by atoms with Crippen molar-refractivity contribution in [1.29, 1.82) is 0 Å². The van der Waals surface area contributed by atoms with E-state index < -0.39 is 0 Å². The van der Waals surface area contributed by atoms with Crippen LogP contribution in [0, 0.1) is 5.92 Å². The summed E-state index contributed by atoms with van der Waals surface area (Å²) < 4.78 is 0. The van der Waals surface area contributed by atoms with Gasteiger partial charge in [0.15, 0.2) is 6.29 Å². The lowest BCUT2D eigenvalue weighted by atomic mass is 9.98. The fourth-order valence-electron chi connectivity index (χ4n) is 2.55. The molecule has 1 saturated heterocycles. The molecule has 1 aliphatic heterocycles. The van der Waals surface area contributed by atoms with Gasteiger partial charge in [-0.15, -0.1) is 0 Å². The maximum atomic E-state index is 11.0. The predicted molar refractivity (Wildman–Crippen MR) is 69.5 cm³/mol. The van der Waals surface area contributed by atoms with E-state index in [-0.39, 0.29) is 0 Å². The number of carbonyl (C=O) groups is 1. The summed E-state index contributed by atoms with van der Waals surface area (Å²) in [6, 6.07) is 3.66. The van der Waals surface area contributed by atoms with E-state index in [1.807, 2.05) is 12.1 Å². The van der Waals surface area contributed by atoms with Crippen molar-refractivity contribution in [2.24, 2.45) is 5.92 Å². The molecule has 1 unspecified atom stereocenters. The Morgan fingerprint density at radius 2 is 2.35 bits per heavy atom. The van der Waals surface area contributed by atoms with Crippen molar-refractivity contribution in [3.05, 3.63) is 23.9 Å². The van der Waals surface area contributed by atoms with Crippen molar-refractivity contribution >= 4 is 12.1 Å². The summed E-state index contributed by atoms with van der Waals surface area (Å²) in [6.45, 7) is 4.31. The number of rotatable bonds is 3. The molecule has 1 aromatic heterocycles. The van der Waals surface area contributed by atoms with Gasteiger partial charge in [0.2, 0.25) is 0 Å². The largest absolute Gasteiger partial charge is 0.356 e. The predicted octanol–water partition coefficient (Wildman–Crippen LogP) is 2.91. The molecule has 0 aliphatic carbocycles. The van der Waals surface area contributed by atoms with E-state index in [0.717, 1.165) is 31.1 Å². The first-order valence-electron chi connectivity index (χ1n) is 6.50. The van der Waals surface area contributed by atoms with Crippen molar-refractivity contribution in [1.82, 2.24) is 4.98 Å².